The van der Waals surface area contributed by atoms with Gasteiger partial charge in [0.2, 0.25) is 5.09 Å². The van der Waals surface area contributed by atoms with Crippen molar-refractivity contribution in [3.8, 4) is 0 Å². The molecule has 2 aromatic heterocycles. The number of nitrogens with zero attached hydrogens (tertiary/aromatic N) is 1. The molecule has 27 heavy (non-hydrogen) atoms. The smallest absolute Gasteiger partial charge is 0.292 e. The van der Waals surface area contributed by atoms with E-state index in [2.05, 4.69) is 5.32 Å². The van der Waals surface area contributed by atoms with Crippen LogP contribution in [-0.2, 0) is 10.0 Å². The lowest BCUT2D eigenvalue weighted by Gasteiger charge is -2.24. The molecule has 0 aromatic carbocycles. The molecule has 2 amide bonds. The maximum Gasteiger partial charge on any atom is 0.292 e. The fourth-order valence-corrected chi connectivity index (χ4v) is 5.48. The summed E-state index contributed by atoms with van der Waals surface area (Å²) in [4.78, 5) is 25.0. The van der Waals surface area contributed by atoms with Crippen molar-refractivity contribution in [2.24, 2.45) is 5.73 Å². The van der Waals surface area contributed by atoms with Gasteiger partial charge in [-0.1, -0.05) is 6.42 Å². The molecule has 1 fully saturated rings. The number of furan rings is 1. The Bertz CT molecular complexity index is 984. The highest BCUT2D eigenvalue weighted by atomic mass is 32.2. The van der Waals surface area contributed by atoms with Crippen molar-refractivity contribution in [2.45, 2.75) is 38.2 Å². The molecule has 1 aliphatic heterocycles. The molecule has 0 bridgehead atoms. The van der Waals surface area contributed by atoms with Gasteiger partial charge in [0.05, 0.1) is 5.56 Å². The first kappa shape index (κ1) is 19.6. The number of sulfonamides is 1. The highest BCUT2D eigenvalue weighted by Gasteiger charge is 2.30. The number of thiophene rings is 1. The number of carbonyl (C=O) groups is 2. The van der Waals surface area contributed by atoms with Crippen LogP contribution in [0, 0.1) is 13.8 Å². The lowest BCUT2D eigenvalue weighted by molar-refractivity contribution is 0.0991. The normalized spacial score (nSPS) is 15.6. The number of aryl methyl sites for hydroxylation is 1. The second kappa shape index (κ2) is 7.45. The second-order valence-electron chi connectivity index (χ2n) is 6.39. The van der Waals surface area contributed by atoms with Crippen LogP contribution in [0.4, 0.5) is 5.00 Å². The van der Waals surface area contributed by atoms with Crippen LogP contribution in [0.15, 0.2) is 21.6 Å². The average molecular weight is 412 g/mol. The van der Waals surface area contributed by atoms with Crippen LogP contribution in [0.2, 0.25) is 0 Å². The number of rotatable bonds is 5. The third-order valence-electron chi connectivity index (χ3n) is 4.57. The summed E-state index contributed by atoms with van der Waals surface area (Å²) < 4.78 is 31.9. The van der Waals surface area contributed by atoms with Crippen LogP contribution in [0.5, 0.6) is 0 Å². The molecule has 0 spiro atoms. The Balaban J connectivity index is 1.82. The molecule has 8 nitrogen and oxygen atoms in total. The Morgan fingerprint density at radius 3 is 2.48 bits per heavy atom. The van der Waals surface area contributed by atoms with E-state index in [0.717, 1.165) is 24.1 Å². The molecular formula is C17H21N3O5S2. The topological polar surface area (TPSA) is 123 Å². The first-order valence-corrected chi connectivity index (χ1v) is 10.8. The van der Waals surface area contributed by atoms with Crippen LogP contribution < -0.4 is 11.1 Å². The number of anilines is 1. The molecular weight excluding hydrogens is 390 g/mol. The minimum Gasteiger partial charge on any atom is -0.438 e. The van der Waals surface area contributed by atoms with E-state index in [1.54, 1.807) is 6.92 Å². The fraction of sp³-hybridized carbons (Fsp3) is 0.412. The first-order chi connectivity index (χ1) is 12.7. The van der Waals surface area contributed by atoms with Gasteiger partial charge in [-0.25, -0.2) is 8.42 Å². The third-order valence-corrected chi connectivity index (χ3v) is 7.47. The van der Waals surface area contributed by atoms with Crippen molar-refractivity contribution in [3.05, 3.63) is 33.9 Å². The molecule has 0 saturated carbocycles. The molecule has 0 atom stereocenters. The molecule has 3 rings (SSSR count). The molecule has 0 unspecified atom stereocenters. The zero-order valence-electron chi connectivity index (χ0n) is 15.1. The number of carbonyl (C=O) groups excluding carboxylic acids is 2. The van der Waals surface area contributed by atoms with Crippen molar-refractivity contribution >= 4 is 38.2 Å². The van der Waals surface area contributed by atoms with Gasteiger partial charge in [0, 0.05) is 18.0 Å². The number of amides is 2. The maximum absolute atomic E-state index is 12.6. The number of hydrogen-bond donors (Lipinski definition) is 2. The Labute approximate surface area is 161 Å². The molecule has 3 heterocycles. The van der Waals surface area contributed by atoms with E-state index in [0.29, 0.717) is 23.7 Å². The number of nitrogens with one attached hydrogen (secondary N) is 1. The van der Waals surface area contributed by atoms with Gasteiger partial charge in [-0.15, -0.1) is 11.3 Å². The molecule has 146 valence electrons. The second-order valence-corrected chi connectivity index (χ2v) is 9.48. The Hall–Kier alpha value is -2.17. The highest BCUT2D eigenvalue weighted by molar-refractivity contribution is 7.89. The van der Waals surface area contributed by atoms with Gasteiger partial charge in [0.15, 0.2) is 5.76 Å². The number of nitrogens with two attached hydrogens (primary N) is 1. The standard InChI is InChI=1S/C17H21N3O5S2/c1-10-11(2)26-17(14(10)15(18)21)19-16(22)12-6-7-13(25-12)27(23,24)20-8-4-3-5-9-20/h6-7H,3-5,8-9H2,1-2H3,(H2,18,21)(H,19,22). The largest absolute Gasteiger partial charge is 0.438 e. The summed E-state index contributed by atoms with van der Waals surface area (Å²) in [5.41, 5.74) is 6.35. The number of hydrogen-bond acceptors (Lipinski definition) is 6. The van der Waals surface area contributed by atoms with Crippen molar-refractivity contribution < 1.29 is 22.4 Å². The van der Waals surface area contributed by atoms with E-state index in [-0.39, 0.29) is 16.4 Å². The van der Waals surface area contributed by atoms with E-state index >= 15 is 0 Å². The molecule has 0 radical (unpaired) electrons. The monoisotopic (exact) mass is 411 g/mol. The minimum absolute atomic E-state index is 0.148. The SMILES string of the molecule is Cc1sc(NC(=O)c2ccc(S(=O)(=O)N3CCCCC3)o2)c(C(N)=O)c1C. The van der Waals surface area contributed by atoms with Gasteiger partial charge in [0.1, 0.15) is 5.00 Å². The van der Waals surface area contributed by atoms with Gasteiger partial charge in [-0.05, 0) is 44.4 Å². The molecule has 3 N–H and O–H groups in total. The summed E-state index contributed by atoms with van der Waals surface area (Å²) in [6.45, 7) is 4.45. The van der Waals surface area contributed by atoms with E-state index in [1.165, 1.54) is 27.8 Å². The zero-order valence-corrected chi connectivity index (χ0v) is 16.7. The van der Waals surface area contributed by atoms with Crippen molar-refractivity contribution in [1.82, 2.24) is 4.31 Å². The average Bonchev–Trinajstić information content (AvgIpc) is 3.22. The zero-order chi connectivity index (χ0) is 19.8. The van der Waals surface area contributed by atoms with Crippen LogP contribution in [0.1, 0.15) is 50.6 Å². The third kappa shape index (κ3) is 3.78. The van der Waals surface area contributed by atoms with Gasteiger partial charge in [0.25, 0.3) is 21.8 Å². The molecule has 10 heteroatoms. The summed E-state index contributed by atoms with van der Waals surface area (Å²) in [6, 6.07) is 2.59. The Kier molecular flexibility index (Phi) is 5.41. The highest BCUT2D eigenvalue weighted by Crippen LogP contribution is 2.32. The van der Waals surface area contributed by atoms with E-state index < -0.39 is 21.8 Å². The molecule has 2 aromatic rings. The van der Waals surface area contributed by atoms with Gasteiger partial charge in [-0.3, -0.25) is 9.59 Å². The van der Waals surface area contributed by atoms with E-state index in [9.17, 15) is 18.0 Å². The van der Waals surface area contributed by atoms with Crippen LogP contribution in [0.3, 0.4) is 0 Å². The minimum atomic E-state index is -3.76. The summed E-state index contributed by atoms with van der Waals surface area (Å²) in [5.74, 6) is -1.43. The van der Waals surface area contributed by atoms with Gasteiger partial charge in [-0.2, -0.15) is 4.31 Å². The Morgan fingerprint density at radius 2 is 1.85 bits per heavy atom. The number of piperidine rings is 1. The quantitative estimate of drug-likeness (QED) is 0.782. The maximum atomic E-state index is 12.6. The molecule has 0 aliphatic carbocycles. The predicted octanol–water partition coefficient (Wildman–Crippen LogP) is 2.48. The summed E-state index contributed by atoms with van der Waals surface area (Å²) in [7, 11) is -3.76. The van der Waals surface area contributed by atoms with E-state index in [4.69, 9.17) is 10.2 Å². The van der Waals surface area contributed by atoms with Gasteiger partial charge < -0.3 is 15.5 Å². The van der Waals surface area contributed by atoms with Crippen molar-refractivity contribution in [2.75, 3.05) is 18.4 Å². The van der Waals surface area contributed by atoms with Crippen LogP contribution in [-0.4, -0.2) is 37.6 Å². The van der Waals surface area contributed by atoms with Crippen LogP contribution >= 0.6 is 11.3 Å². The predicted molar refractivity (Wildman–Crippen MR) is 102 cm³/mol. The lowest BCUT2D eigenvalue weighted by atomic mass is 10.1. The lowest BCUT2D eigenvalue weighted by Crippen LogP contribution is -2.35. The summed E-state index contributed by atoms with van der Waals surface area (Å²) >= 11 is 1.23. The molecule has 1 saturated heterocycles. The van der Waals surface area contributed by atoms with Crippen molar-refractivity contribution in [3.63, 3.8) is 0 Å². The van der Waals surface area contributed by atoms with E-state index in [1.807, 2.05) is 6.92 Å². The van der Waals surface area contributed by atoms with Crippen molar-refractivity contribution in [1.29, 1.82) is 0 Å². The summed E-state index contributed by atoms with van der Waals surface area (Å²) in [5, 5.41) is 2.65. The fourth-order valence-electron chi connectivity index (χ4n) is 2.99. The summed E-state index contributed by atoms with van der Waals surface area (Å²) in [6.07, 6.45) is 2.61. The van der Waals surface area contributed by atoms with Crippen LogP contribution in [0.25, 0.3) is 0 Å². The number of primary amides is 1. The molecule has 1 aliphatic rings. The van der Waals surface area contributed by atoms with Gasteiger partial charge >= 0.3 is 0 Å². The Morgan fingerprint density at radius 1 is 1.19 bits per heavy atom. The first-order valence-electron chi connectivity index (χ1n) is 8.53.